The van der Waals surface area contributed by atoms with Gasteiger partial charge in [0.15, 0.2) is 6.10 Å². The van der Waals surface area contributed by atoms with Gasteiger partial charge in [0.05, 0.1) is 22.5 Å². The van der Waals surface area contributed by atoms with Gasteiger partial charge in [0.25, 0.3) is 0 Å². The van der Waals surface area contributed by atoms with Gasteiger partial charge in [-0.2, -0.15) is 13.2 Å². The Hall–Kier alpha value is -2.94. The second kappa shape index (κ2) is 7.59. The van der Waals surface area contributed by atoms with Crippen LogP contribution in [0, 0.1) is 5.82 Å². The zero-order valence-electron chi connectivity index (χ0n) is 14.2. The number of ketones is 1. The lowest BCUT2D eigenvalue weighted by Gasteiger charge is -2.15. The SMILES string of the molecule is C[C@H](Oc1cccc(C(F)(F)F)c1)C(=O)c1cnnn1-c1ccc(F)c(Cl)c1. The van der Waals surface area contributed by atoms with Crippen molar-refractivity contribution in [3.8, 4) is 11.4 Å². The lowest BCUT2D eigenvalue weighted by Crippen LogP contribution is -2.26. The molecule has 0 bridgehead atoms. The van der Waals surface area contributed by atoms with Gasteiger partial charge in [-0.1, -0.05) is 22.9 Å². The van der Waals surface area contributed by atoms with E-state index in [0.717, 1.165) is 22.9 Å². The second-order valence-corrected chi connectivity index (χ2v) is 6.19. The quantitative estimate of drug-likeness (QED) is 0.448. The number of rotatable bonds is 5. The summed E-state index contributed by atoms with van der Waals surface area (Å²) < 4.78 is 58.3. The lowest BCUT2D eigenvalue weighted by atomic mass is 10.1. The second-order valence-electron chi connectivity index (χ2n) is 5.78. The van der Waals surface area contributed by atoms with Crippen molar-refractivity contribution in [3.05, 3.63) is 70.8 Å². The molecule has 0 amide bonds. The summed E-state index contributed by atoms with van der Waals surface area (Å²) in [6.45, 7) is 1.39. The average Bonchev–Trinajstić information content (AvgIpc) is 3.12. The van der Waals surface area contributed by atoms with Crippen LogP contribution in [0.4, 0.5) is 17.6 Å². The molecule has 0 saturated carbocycles. The third kappa shape index (κ3) is 4.14. The predicted molar refractivity (Wildman–Crippen MR) is 92.2 cm³/mol. The number of halogens is 5. The van der Waals surface area contributed by atoms with Crippen molar-refractivity contribution < 1.29 is 27.1 Å². The van der Waals surface area contributed by atoms with Crippen molar-refractivity contribution in [2.75, 3.05) is 0 Å². The highest BCUT2D eigenvalue weighted by Crippen LogP contribution is 2.31. The summed E-state index contributed by atoms with van der Waals surface area (Å²) in [5, 5.41) is 7.27. The molecule has 0 unspecified atom stereocenters. The van der Waals surface area contributed by atoms with Gasteiger partial charge in [-0.05, 0) is 43.3 Å². The summed E-state index contributed by atoms with van der Waals surface area (Å²) in [6, 6.07) is 7.92. The molecular formula is C18H12ClF4N3O2. The van der Waals surface area contributed by atoms with Gasteiger partial charge in [-0.25, -0.2) is 9.07 Å². The van der Waals surface area contributed by atoms with Crippen LogP contribution in [0.25, 0.3) is 5.69 Å². The van der Waals surface area contributed by atoms with E-state index in [9.17, 15) is 22.4 Å². The molecule has 0 aliphatic rings. The van der Waals surface area contributed by atoms with E-state index in [1.807, 2.05) is 0 Å². The highest BCUT2D eigenvalue weighted by atomic mass is 35.5. The summed E-state index contributed by atoms with van der Waals surface area (Å²) >= 11 is 5.75. The van der Waals surface area contributed by atoms with E-state index in [-0.39, 0.29) is 16.5 Å². The molecule has 0 radical (unpaired) electrons. The van der Waals surface area contributed by atoms with Crippen LogP contribution in [-0.2, 0) is 6.18 Å². The molecule has 5 nitrogen and oxygen atoms in total. The lowest BCUT2D eigenvalue weighted by molar-refractivity contribution is -0.137. The maximum Gasteiger partial charge on any atom is 0.416 e. The standard InChI is InChI=1S/C18H12ClF4N3O2/c1-10(28-13-4-2-3-11(7-13)18(21,22)23)17(27)16-9-24-25-26(16)12-5-6-15(20)14(19)8-12/h2-10H,1H3/t10-/m0/s1. The van der Waals surface area contributed by atoms with E-state index in [1.54, 1.807) is 0 Å². The Morgan fingerprint density at radius 2 is 1.96 bits per heavy atom. The first-order chi connectivity index (χ1) is 13.2. The summed E-state index contributed by atoms with van der Waals surface area (Å²) in [5.41, 5.74) is -0.599. The maximum atomic E-state index is 13.3. The van der Waals surface area contributed by atoms with Crippen LogP contribution >= 0.6 is 11.6 Å². The number of aromatic nitrogens is 3. The molecular weight excluding hydrogens is 402 g/mol. The van der Waals surface area contributed by atoms with Crippen molar-refractivity contribution in [2.45, 2.75) is 19.2 Å². The highest BCUT2D eigenvalue weighted by Gasteiger charge is 2.31. The van der Waals surface area contributed by atoms with Crippen molar-refractivity contribution in [1.29, 1.82) is 0 Å². The monoisotopic (exact) mass is 413 g/mol. The van der Waals surface area contributed by atoms with Crippen LogP contribution < -0.4 is 4.74 Å². The van der Waals surface area contributed by atoms with Crippen LogP contribution in [-0.4, -0.2) is 26.9 Å². The topological polar surface area (TPSA) is 57.0 Å². The molecule has 3 aromatic rings. The molecule has 0 aliphatic carbocycles. The molecule has 28 heavy (non-hydrogen) atoms. The first-order valence-corrected chi connectivity index (χ1v) is 8.29. The minimum Gasteiger partial charge on any atom is -0.482 e. The van der Waals surface area contributed by atoms with Gasteiger partial charge in [0.2, 0.25) is 5.78 Å². The largest absolute Gasteiger partial charge is 0.482 e. The highest BCUT2D eigenvalue weighted by molar-refractivity contribution is 6.30. The molecule has 1 atom stereocenters. The summed E-state index contributed by atoms with van der Waals surface area (Å²) in [7, 11) is 0. The third-order valence-electron chi connectivity index (χ3n) is 3.79. The normalized spacial score (nSPS) is 12.6. The fraction of sp³-hybridized carbons (Fsp3) is 0.167. The Morgan fingerprint density at radius 1 is 1.21 bits per heavy atom. The van der Waals surface area contributed by atoms with Gasteiger partial charge >= 0.3 is 6.18 Å². The Labute approximate surface area is 161 Å². The maximum absolute atomic E-state index is 13.3. The average molecular weight is 414 g/mol. The van der Waals surface area contributed by atoms with Crippen LogP contribution in [0.3, 0.4) is 0 Å². The van der Waals surface area contributed by atoms with Crippen LogP contribution in [0.5, 0.6) is 5.75 Å². The van der Waals surface area contributed by atoms with Gasteiger partial charge in [-0.15, -0.1) is 5.10 Å². The molecule has 3 rings (SSSR count). The number of hydrogen-bond donors (Lipinski definition) is 0. The van der Waals surface area contributed by atoms with Crippen molar-refractivity contribution in [3.63, 3.8) is 0 Å². The number of carbonyl (C=O) groups is 1. The number of benzene rings is 2. The van der Waals surface area contributed by atoms with Crippen molar-refractivity contribution >= 4 is 17.4 Å². The smallest absolute Gasteiger partial charge is 0.416 e. The van der Waals surface area contributed by atoms with Crippen molar-refractivity contribution in [1.82, 2.24) is 15.0 Å². The fourth-order valence-electron chi connectivity index (χ4n) is 2.42. The van der Waals surface area contributed by atoms with Gasteiger partial charge < -0.3 is 4.74 Å². The number of hydrogen-bond acceptors (Lipinski definition) is 4. The van der Waals surface area contributed by atoms with E-state index in [0.29, 0.717) is 5.69 Å². The Balaban J connectivity index is 1.83. The molecule has 0 N–H and O–H groups in total. The summed E-state index contributed by atoms with van der Waals surface area (Å²) in [6.07, 6.45) is -4.49. The van der Waals surface area contributed by atoms with E-state index in [2.05, 4.69) is 10.3 Å². The van der Waals surface area contributed by atoms with E-state index in [1.165, 1.54) is 37.4 Å². The number of Topliss-reactive ketones (excluding diaryl/α,β-unsaturated/α-hetero) is 1. The molecule has 0 aliphatic heterocycles. The summed E-state index contributed by atoms with van der Waals surface area (Å²) in [5.74, 6) is -1.33. The van der Waals surface area contributed by atoms with Crippen LogP contribution in [0.2, 0.25) is 5.02 Å². The van der Waals surface area contributed by atoms with Gasteiger partial charge in [-0.3, -0.25) is 4.79 Å². The molecule has 1 heterocycles. The molecule has 146 valence electrons. The third-order valence-corrected chi connectivity index (χ3v) is 4.08. The molecule has 10 heteroatoms. The van der Waals surface area contributed by atoms with E-state index in [4.69, 9.17) is 16.3 Å². The Bertz CT molecular complexity index is 1020. The van der Waals surface area contributed by atoms with Gasteiger partial charge in [0.1, 0.15) is 17.3 Å². The van der Waals surface area contributed by atoms with Crippen LogP contribution in [0.1, 0.15) is 23.0 Å². The van der Waals surface area contributed by atoms with E-state index >= 15 is 0 Å². The predicted octanol–water partition coefficient (Wildman–Crippen LogP) is 4.73. The zero-order chi connectivity index (χ0) is 20.5. The zero-order valence-corrected chi connectivity index (χ0v) is 15.0. The number of alkyl halides is 3. The molecule has 0 saturated heterocycles. The first-order valence-electron chi connectivity index (χ1n) is 7.91. The fourth-order valence-corrected chi connectivity index (χ4v) is 2.60. The molecule has 1 aromatic heterocycles. The molecule has 0 spiro atoms. The van der Waals surface area contributed by atoms with Crippen LogP contribution in [0.15, 0.2) is 48.7 Å². The Kier molecular flexibility index (Phi) is 5.37. The minimum absolute atomic E-state index is 0.00199. The Morgan fingerprint density at radius 3 is 2.64 bits per heavy atom. The molecule has 2 aromatic carbocycles. The number of ether oxygens (including phenoxy) is 1. The van der Waals surface area contributed by atoms with Crippen molar-refractivity contribution in [2.24, 2.45) is 0 Å². The molecule has 0 fully saturated rings. The summed E-state index contributed by atoms with van der Waals surface area (Å²) in [4.78, 5) is 12.7. The number of nitrogens with zero attached hydrogens (tertiary/aromatic N) is 3. The first kappa shape index (κ1) is 19.8. The van der Waals surface area contributed by atoms with E-state index < -0.39 is 29.4 Å². The number of carbonyl (C=O) groups excluding carboxylic acids is 1. The minimum atomic E-state index is -4.53. The van der Waals surface area contributed by atoms with Gasteiger partial charge in [0, 0.05) is 0 Å².